The van der Waals surface area contributed by atoms with Gasteiger partial charge in [-0.2, -0.15) is 0 Å². The van der Waals surface area contributed by atoms with Gasteiger partial charge >= 0.3 is 51.4 Å². The summed E-state index contributed by atoms with van der Waals surface area (Å²) in [5, 5.41) is 1.42. The number of hydrogen-bond acceptors (Lipinski definition) is 3. The Morgan fingerprint density at radius 3 is 2.13 bits per heavy atom. The fourth-order valence-electron chi connectivity index (χ4n) is 2.87. The van der Waals surface area contributed by atoms with Gasteiger partial charge in [0.25, 0.3) is 0 Å². The van der Waals surface area contributed by atoms with E-state index < -0.39 is 10.1 Å². The van der Waals surface area contributed by atoms with Crippen molar-refractivity contribution in [1.29, 1.82) is 0 Å². The normalized spacial score (nSPS) is 11.4. The molecule has 120 valence electrons. The molecule has 0 aliphatic heterocycles. The maximum atomic E-state index is 11.4. The summed E-state index contributed by atoms with van der Waals surface area (Å²) < 4.78 is 34.1. The van der Waals surface area contributed by atoms with Gasteiger partial charge in [0, 0.05) is 0 Å². The predicted molar refractivity (Wildman–Crippen MR) is 89.0 cm³/mol. The molecule has 2 aromatic rings. The summed E-state index contributed by atoms with van der Waals surface area (Å²) in [4.78, 5) is -0.116. The van der Waals surface area contributed by atoms with Gasteiger partial charge in [-0.3, -0.25) is 0 Å². The topological polar surface area (TPSA) is 57.2 Å². The molecule has 0 saturated heterocycles. The summed E-state index contributed by atoms with van der Waals surface area (Å²) in [7, 11) is -4.43. The summed E-state index contributed by atoms with van der Waals surface area (Å²) in [5.74, 6) is 0. The first-order valence-electron chi connectivity index (χ1n) is 8.00. The molecule has 0 bridgehead atoms. The minimum Gasteiger partial charge on any atom is -0.744 e. The van der Waals surface area contributed by atoms with Gasteiger partial charge in [-0.25, -0.2) is 8.42 Å². The number of aryl methyl sites for hydroxylation is 1. The van der Waals surface area contributed by atoms with E-state index in [-0.39, 0.29) is 56.3 Å². The van der Waals surface area contributed by atoms with Crippen LogP contribution in [0.4, 0.5) is 0 Å². The summed E-state index contributed by atoms with van der Waals surface area (Å²) >= 11 is 0. The van der Waals surface area contributed by atoms with Crippen LogP contribution in [0.25, 0.3) is 10.8 Å². The Balaban J connectivity index is 0.00000264. The third kappa shape index (κ3) is 6.23. The molecule has 23 heavy (non-hydrogen) atoms. The molecule has 0 saturated carbocycles. The molecular formula is C18H23KO3S. The maximum absolute atomic E-state index is 11.4. The van der Waals surface area contributed by atoms with Crippen LogP contribution in [-0.4, -0.2) is 13.0 Å². The smallest absolute Gasteiger partial charge is 0.744 e. The van der Waals surface area contributed by atoms with E-state index in [0.717, 1.165) is 23.8 Å². The van der Waals surface area contributed by atoms with E-state index in [1.165, 1.54) is 38.2 Å². The van der Waals surface area contributed by atoms with Crippen molar-refractivity contribution in [3.05, 3.63) is 42.0 Å². The second-order valence-corrected chi connectivity index (χ2v) is 7.09. The SMILES string of the molecule is CCCCCCCCc1ccc(S(=O)(=O)[O-])c2ccccc12.[K+]. The summed E-state index contributed by atoms with van der Waals surface area (Å²) in [6, 6.07) is 10.5. The van der Waals surface area contributed by atoms with Gasteiger partial charge in [-0.15, -0.1) is 0 Å². The first-order valence-corrected chi connectivity index (χ1v) is 9.41. The van der Waals surface area contributed by atoms with Crippen molar-refractivity contribution in [2.75, 3.05) is 0 Å². The molecular weight excluding hydrogens is 335 g/mol. The molecule has 5 heteroatoms. The Bertz CT molecular complexity index is 726. The van der Waals surface area contributed by atoms with Gasteiger partial charge in [-0.1, -0.05) is 69.4 Å². The molecule has 0 aromatic heterocycles. The zero-order chi connectivity index (χ0) is 16.0. The quantitative estimate of drug-likeness (QED) is 0.410. The van der Waals surface area contributed by atoms with Crippen LogP contribution in [-0.2, 0) is 16.5 Å². The number of fused-ring (bicyclic) bond motifs is 1. The van der Waals surface area contributed by atoms with Gasteiger partial charge in [0.2, 0.25) is 0 Å². The van der Waals surface area contributed by atoms with Gasteiger partial charge in [0.15, 0.2) is 0 Å². The minimum atomic E-state index is -4.43. The van der Waals surface area contributed by atoms with Crippen molar-refractivity contribution in [2.24, 2.45) is 0 Å². The van der Waals surface area contributed by atoms with Crippen molar-refractivity contribution >= 4 is 20.9 Å². The molecule has 0 aliphatic carbocycles. The number of benzene rings is 2. The van der Waals surface area contributed by atoms with Crippen molar-refractivity contribution in [2.45, 2.75) is 56.8 Å². The van der Waals surface area contributed by atoms with Gasteiger partial charge in [-0.05, 0) is 35.2 Å². The molecule has 0 spiro atoms. The predicted octanol–water partition coefficient (Wildman–Crippen LogP) is 1.65. The largest absolute Gasteiger partial charge is 1.00 e. The van der Waals surface area contributed by atoms with E-state index in [2.05, 4.69) is 6.92 Å². The van der Waals surface area contributed by atoms with Crippen molar-refractivity contribution < 1.29 is 64.4 Å². The fraction of sp³-hybridized carbons (Fsp3) is 0.444. The van der Waals surface area contributed by atoms with Gasteiger partial charge < -0.3 is 4.55 Å². The van der Waals surface area contributed by atoms with Crippen molar-refractivity contribution in [3.8, 4) is 0 Å². The van der Waals surface area contributed by atoms with E-state index in [9.17, 15) is 13.0 Å². The van der Waals surface area contributed by atoms with E-state index in [1.54, 1.807) is 18.2 Å². The molecule has 3 nitrogen and oxygen atoms in total. The molecule has 0 amide bonds. The van der Waals surface area contributed by atoms with Crippen LogP contribution in [0, 0.1) is 0 Å². The van der Waals surface area contributed by atoms with Crippen LogP contribution in [0.15, 0.2) is 41.3 Å². The zero-order valence-corrected chi connectivity index (χ0v) is 18.0. The van der Waals surface area contributed by atoms with Gasteiger partial charge in [0.05, 0.1) is 4.90 Å². The molecule has 0 aliphatic rings. The van der Waals surface area contributed by atoms with Crippen LogP contribution in [0.5, 0.6) is 0 Å². The third-order valence-corrected chi connectivity index (χ3v) is 4.94. The zero-order valence-electron chi connectivity index (χ0n) is 14.0. The molecule has 0 heterocycles. The van der Waals surface area contributed by atoms with Crippen LogP contribution in [0.1, 0.15) is 51.0 Å². The van der Waals surface area contributed by atoms with Crippen LogP contribution < -0.4 is 51.4 Å². The Labute approximate surface area is 182 Å². The van der Waals surface area contributed by atoms with Crippen LogP contribution >= 0.6 is 0 Å². The van der Waals surface area contributed by atoms with E-state index in [1.807, 2.05) is 12.1 Å². The summed E-state index contributed by atoms with van der Waals surface area (Å²) in [5.41, 5.74) is 1.12. The van der Waals surface area contributed by atoms with Crippen molar-refractivity contribution in [3.63, 3.8) is 0 Å². The minimum absolute atomic E-state index is 0. The fourth-order valence-corrected chi connectivity index (χ4v) is 3.55. The van der Waals surface area contributed by atoms with E-state index in [4.69, 9.17) is 0 Å². The van der Waals surface area contributed by atoms with E-state index in [0.29, 0.717) is 5.39 Å². The molecule has 0 atom stereocenters. The number of rotatable bonds is 8. The first kappa shape index (κ1) is 21.3. The number of unbranched alkanes of at least 4 members (excludes halogenated alkanes) is 5. The average Bonchev–Trinajstić information content (AvgIpc) is 2.49. The Kier molecular flexibility index (Phi) is 9.52. The van der Waals surface area contributed by atoms with E-state index >= 15 is 0 Å². The van der Waals surface area contributed by atoms with Crippen LogP contribution in [0.2, 0.25) is 0 Å². The van der Waals surface area contributed by atoms with Gasteiger partial charge in [0.1, 0.15) is 10.1 Å². The average molecular weight is 359 g/mol. The summed E-state index contributed by atoms with van der Waals surface area (Å²) in [6.45, 7) is 2.21. The van der Waals surface area contributed by atoms with Crippen LogP contribution in [0.3, 0.4) is 0 Å². The Morgan fingerprint density at radius 2 is 1.48 bits per heavy atom. The molecule has 0 fully saturated rings. The summed E-state index contributed by atoms with van der Waals surface area (Å²) in [6.07, 6.45) is 8.27. The maximum Gasteiger partial charge on any atom is 1.00 e. The molecule has 2 aromatic carbocycles. The molecule has 2 rings (SSSR count). The Morgan fingerprint density at radius 1 is 0.870 bits per heavy atom. The molecule has 0 unspecified atom stereocenters. The molecule has 0 N–H and O–H groups in total. The third-order valence-electron chi connectivity index (χ3n) is 4.04. The second kappa shape index (κ2) is 10.3. The van der Waals surface area contributed by atoms with Crippen molar-refractivity contribution in [1.82, 2.24) is 0 Å². The monoisotopic (exact) mass is 358 g/mol. The number of hydrogen-bond donors (Lipinski definition) is 0. The standard InChI is InChI=1S/C18H24O3S.K/c1-2-3-4-5-6-7-10-15-13-14-18(22(19,20)21)17-12-9-8-11-16(15)17;/h8-9,11-14H,2-7,10H2,1H3,(H,19,20,21);/q;+1/p-1. The second-order valence-electron chi connectivity index (χ2n) is 5.74. The Hall–Kier alpha value is 0.246. The first-order chi connectivity index (χ1) is 10.5. The molecule has 0 radical (unpaired) electrons.